The van der Waals surface area contributed by atoms with Crippen LogP contribution in [0.4, 0.5) is 10.1 Å². The number of hydrogen-bond acceptors (Lipinski definition) is 4. The Hall–Kier alpha value is -2.76. The van der Waals surface area contributed by atoms with Gasteiger partial charge < -0.3 is 10.1 Å². The average Bonchev–Trinajstić information content (AvgIpc) is 2.48. The fraction of sp³-hybridized carbons (Fsp3) is 0.133. The van der Waals surface area contributed by atoms with Gasteiger partial charge in [0.25, 0.3) is 5.91 Å². The summed E-state index contributed by atoms with van der Waals surface area (Å²) < 4.78 is 18.6. The van der Waals surface area contributed by atoms with Crippen molar-refractivity contribution >= 4 is 17.9 Å². The van der Waals surface area contributed by atoms with Gasteiger partial charge in [0.05, 0.1) is 5.69 Å². The van der Waals surface area contributed by atoms with Crippen LogP contribution in [0, 0.1) is 12.7 Å². The van der Waals surface area contributed by atoms with Crippen LogP contribution >= 0.6 is 0 Å². The number of carbonyl (C=O) groups is 2. The van der Waals surface area contributed by atoms with Gasteiger partial charge in [-0.2, -0.15) is 0 Å². The van der Waals surface area contributed by atoms with E-state index in [9.17, 15) is 14.0 Å². The highest BCUT2D eigenvalue weighted by Crippen LogP contribution is 2.16. The average molecular weight is 288 g/mol. The first-order valence-corrected chi connectivity index (χ1v) is 6.20. The predicted molar refractivity (Wildman–Crippen MR) is 74.9 cm³/mol. The summed E-state index contributed by atoms with van der Waals surface area (Å²) in [6.45, 7) is 1.39. The molecule has 1 heterocycles. The Kier molecular flexibility index (Phi) is 4.61. The number of rotatable bonds is 5. The Bertz CT molecular complexity index is 674. The number of benzene rings is 1. The zero-order valence-corrected chi connectivity index (χ0v) is 11.3. The number of carbonyl (C=O) groups excluding carboxylic acids is 2. The fourth-order valence-corrected chi connectivity index (χ4v) is 1.66. The molecule has 108 valence electrons. The number of nitrogens with zero attached hydrogens (tertiary/aromatic N) is 1. The summed E-state index contributed by atoms with van der Waals surface area (Å²) in [4.78, 5) is 26.5. The lowest BCUT2D eigenvalue weighted by Crippen LogP contribution is -2.21. The van der Waals surface area contributed by atoms with Crippen molar-refractivity contribution in [3.05, 3.63) is 53.6 Å². The molecule has 6 heteroatoms. The third-order valence-electron chi connectivity index (χ3n) is 2.64. The van der Waals surface area contributed by atoms with E-state index in [-0.39, 0.29) is 23.7 Å². The molecule has 0 unspecified atom stereocenters. The van der Waals surface area contributed by atoms with E-state index in [1.807, 2.05) is 0 Å². The standard InChI is InChI=1S/C15H13FN2O3/c1-10-6-7-14(13(8-19)17-10)21-9-15(20)18-12-5-3-2-4-11(12)16/h2-8H,9H2,1H3,(H,18,20). The number of para-hydroxylation sites is 1. The van der Waals surface area contributed by atoms with Crippen molar-refractivity contribution in [1.82, 2.24) is 4.98 Å². The molecule has 0 aliphatic rings. The molecular formula is C15H13FN2O3. The van der Waals surface area contributed by atoms with Crippen LogP contribution in [0.2, 0.25) is 0 Å². The van der Waals surface area contributed by atoms with E-state index in [4.69, 9.17) is 4.74 Å². The molecule has 2 aromatic rings. The monoisotopic (exact) mass is 288 g/mol. The summed E-state index contributed by atoms with van der Waals surface area (Å²) in [6, 6.07) is 9.03. The first-order chi connectivity index (χ1) is 10.1. The third-order valence-corrected chi connectivity index (χ3v) is 2.64. The Morgan fingerprint density at radius 1 is 1.33 bits per heavy atom. The first-order valence-electron chi connectivity index (χ1n) is 6.20. The summed E-state index contributed by atoms with van der Waals surface area (Å²) in [5.74, 6) is -0.853. The van der Waals surface area contributed by atoms with Gasteiger partial charge in [0, 0.05) is 5.69 Å². The van der Waals surface area contributed by atoms with Crippen LogP contribution in [0.5, 0.6) is 5.75 Å². The lowest BCUT2D eigenvalue weighted by atomic mass is 10.3. The quantitative estimate of drug-likeness (QED) is 0.858. The van der Waals surface area contributed by atoms with Crippen molar-refractivity contribution in [2.75, 3.05) is 11.9 Å². The second-order valence-corrected chi connectivity index (χ2v) is 4.27. The van der Waals surface area contributed by atoms with Gasteiger partial charge in [0.15, 0.2) is 12.9 Å². The number of ether oxygens (including phenoxy) is 1. The molecule has 0 aliphatic heterocycles. The molecule has 21 heavy (non-hydrogen) atoms. The number of amides is 1. The van der Waals surface area contributed by atoms with Gasteiger partial charge in [-0.25, -0.2) is 9.37 Å². The molecule has 0 bridgehead atoms. The second kappa shape index (κ2) is 6.60. The summed E-state index contributed by atoms with van der Waals surface area (Å²) in [7, 11) is 0. The van der Waals surface area contributed by atoms with Gasteiger partial charge in [-0.3, -0.25) is 9.59 Å². The van der Waals surface area contributed by atoms with Crippen LogP contribution in [0.3, 0.4) is 0 Å². The van der Waals surface area contributed by atoms with Crippen LogP contribution in [0.25, 0.3) is 0 Å². The summed E-state index contributed by atoms with van der Waals surface area (Å²) in [5, 5.41) is 2.38. The lowest BCUT2D eigenvalue weighted by molar-refractivity contribution is -0.118. The smallest absolute Gasteiger partial charge is 0.262 e. The Morgan fingerprint density at radius 3 is 2.81 bits per heavy atom. The summed E-state index contributed by atoms with van der Waals surface area (Å²) in [5.41, 5.74) is 0.859. The minimum Gasteiger partial charge on any atom is -0.481 e. The van der Waals surface area contributed by atoms with E-state index in [2.05, 4.69) is 10.3 Å². The molecule has 5 nitrogen and oxygen atoms in total. The minimum atomic E-state index is -0.531. The molecule has 0 radical (unpaired) electrons. The molecule has 0 fully saturated rings. The Balaban J connectivity index is 1.99. The number of nitrogens with one attached hydrogen (secondary N) is 1. The van der Waals surface area contributed by atoms with Gasteiger partial charge in [-0.15, -0.1) is 0 Å². The van der Waals surface area contributed by atoms with Gasteiger partial charge in [-0.05, 0) is 31.2 Å². The van der Waals surface area contributed by atoms with E-state index >= 15 is 0 Å². The zero-order chi connectivity index (χ0) is 15.2. The van der Waals surface area contributed by atoms with Crippen molar-refractivity contribution in [1.29, 1.82) is 0 Å². The number of aromatic nitrogens is 1. The fourth-order valence-electron chi connectivity index (χ4n) is 1.66. The van der Waals surface area contributed by atoms with Crippen LogP contribution in [0.1, 0.15) is 16.2 Å². The normalized spacial score (nSPS) is 10.0. The number of pyridine rings is 1. The highest BCUT2D eigenvalue weighted by molar-refractivity contribution is 5.92. The third kappa shape index (κ3) is 3.85. The number of hydrogen-bond donors (Lipinski definition) is 1. The van der Waals surface area contributed by atoms with Crippen molar-refractivity contribution in [3.63, 3.8) is 0 Å². The molecule has 0 saturated heterocycles. The molecule has 1 aromatic carbocycles. The van der Waals surface area contributed by atoms with Crippen molar-refractivity contribution < 1.29 is 18.7 Å². The summed E-state index contributed by atoms with van der Waals surface area (Å²) >= 11 is 0. The zero-order valence-electron chi connectivity index (χ0n) is 11.3. The van der Waals surface area contributed by atoms with E-state index < -0.39 is 11.7 Å². The Morgan fingerprint density at radius 2 is 2.10 bits per heavy atom. The maximum absolute atomic E-state index is 13.4. The SMILES string of the molecule is Cc1ccc(OCC(=O)Nc2ccccc2F)c(C=O)n1. The van der Waals surface area contributed by atoms with E-state index in [0.717, 1.165) is 0 Å². The molecule has 1 aromatic heterocycles. The number of halogens is 1. The molecule has 2 rings (SSSR count). The molecule has 0 saturated carbocycles. The molecular weight excluding hydrogens is 275 g/mol. The molecule has 0 aliphatic carbocycles. The first kappa shape index (κ1) is 14.6. The van der Waals surface area contributed by atoms with Crippen LogP contribution in [-0.2, 0) is 4.79 Å². The van der Waals surface area contributed by atoms with Crippen molar-refractivity contribution in [3.8, 4) is 5.75 Å². The van der Waals surface area contributed by atoms with Crippen LogP contribution < -0.4 is 10.1 Å². The van der Waals surface area contributed by atoms with Crippen molar-refractivity contribution in [2.45, 2.75) is 6.92 Å². The van der Waals surface area contributed by atoms with Crippen molar-refractivity contribution in [2.24, 2.45) is 0 Å². The van der Waals surface area contributed by atoms with Gasteiger partial charge in [0.1, 0.15) is 17.3 Å². The maximum Gasteiger partial charge on any atom is 0.262 e. The molecule has 0 spiro atoms. The maximum atomic E-state index is 13.4. The van der Waals surface area contributed by atoms with E-state index in [1.165, 1.54) is 18.2 Å². The minimum absolute atomic E-state index is 0.0729. The molecule has 0 atom stereocenters. The van der Waals surface area contributed by atoms with Gasteiger partial charge in [0.2, 0.25) is 0 Å². The number of aryl methyl sites for hydroxylation is 1. The van der Waals surface area contributed by atoms with Gasteiger partial charge >= 0.3 is 0 Å². The summed E-state index contributed by atoms with van der Waals surface area (Å²) in [6.07, 6.45) is 0.553. The topological polar surface area (TPSA) is 68.3 Å². The molecule has 1 amide bonds. The highest BCUT2D eigenvalue weighted by atomic mass is 19.1. The second-order valence-electron chi connectivity index (χ2n) is 4.27. The van der Waals surface area contributed by atoms with E-state index in [0.29, 0.717) is 12.0 Å². The van der Waals surface area contributed by atoms with Crippen LogP contribution in [-0.4, -0.2) is 23.8 Å². The van der Waals surface area contributed by atoms with Crippen LogP contribution in [0.15, 0.2) is 36.4 Å². The number of aldehydes is 1. The predicted octanol–water partition coefficient (Wildman–Crippen LogP) is 2.36. The number of anilines is 1. The lowest BCUT2D eigenvalue weighted by Gasteiger charge is -2.09. The van der Waals surface area contributed by atoms with Gasteiger partial charge in [-0.1, -0.05) is 12.1 Å². The Labute approximate surface area is 120 Å². The molecule has 1 N–H and O–H groups in total. The van der Waals surface area contributed by atoms with E-state index in [1.54, 1.807) is 25.1 Å². The largest absolute Gasteiger partial charge is 0.481 e. The highest BCUT2D eigenvalue weighted by Gasteiger charge is 2.10.